The zero-order chi connectivity index (χ0) is 14.4. The van der Waals surface area contributed by atoms with Crippen molar-refractivity contribution in [2.45, 2.75) is 50.7 Å². The van der Waals surface area contributed by atoms with E-state index in [1.54, 1.807) is 0 Å². The predicted molar refractivity (Wildman–Crippen MR) is 73.8 cm³/mol. The van der Waals surface area contributed by atoms with Crippen molar-refractivity contribution >= 4 is 5.97 Å². The molecule has 0 aliphatic carbocycles. The van der Waals surface area contributed by atoms with Gasteiger partial charge in [0.2, 0.25) is 0 Å². The number of unbranched alkanes of at least 4 members (excludes halogenated alkanes) is 1. The van der Waals surface area contributed by atoms with Gasteiger partial charge in [-0.05, 0) is 43.4 Å². The highest BCUT2D eigenvalue weighted by Crippen LogP contribution is 2.20. The van der Waals surface area contributed by atoms with Crippen LogP contribution in [0.1, 0.15) is 43.2 Å². The van der Waals surface area contributed by atoms with E-state index in [9.17, 15) is 9.90 Å². The SMILES string of the molecule is N#Cc1ccc(CCCC[C@@H]2C[C@H](O)CC(=O)O2)cc1. The number of nitriles is 1. The van der Waals surface area contributed by atoms with Crippen LogP contribution in [0.15, 0.2) is 24.3 Å². The van der Waals surface area contributed by atoms with Crippen LogP contribution >= 0.6 is 0 Å². The number of hydrogen-bond acceptors (Lipinski definition) is 4. The maximum Gasteiger partial charge on any atom is 0.308 e. The number of cyclic esters (lactones) is 1. The molecule has 0 aromatic heterocycles. The van der Waals surface area contributed by atoms with E-state index < -0.39 is 6.10 Å². The van der Waals surface area contributed by atoms with E-state index in [1.807, 2.05) is 24.3 Å². The molecular formula is C16H19NO3. The molecule has 1 aromatic rings. The van der Waals surface area contributed by atoms with E-state index in [0.29, 0.717) is 12.0 Å². The van der Waals surface area contributed by atoms with Crippen molar-refractivity contribution in [3.63, 3.8) is 0 Å². The van der Waals surface area contributed by atoms with Gasteiger partial charge in [0.1, 0.15) is 6.10 Å². The van der Waals surface area contributed by atoms with E-state index >= 15 is 0 Å². The summed E-state index contributed by atoms with van der Waals surface area (Å²) in [5, 5.41) is 18.2. The van der Waals surface area contributed by atoms with Gasteiger partial charge in [0.25, 0.3) is 0 Å². The molecule has 0 radical (unpaired) electrons. The van der Waals surface area contributed by atoms with Crippen LogP contribution in [-0.2, 0) is 16.0 Å². The summed E-state index contributed by atoms with van der Waals surface area (Å²) in [7, 11) is 0. The first kappa shape index (κ1) is 14.5. The van der Waals surface area contributed by atoms with Crippen LogP contribution in [0.5, 0.6) is 0 Å². The molecule has 1 aliphatic heterocycles. The molecule has 4 heteroatoms. The van der Waals surface area contributed by atoms with Crippen molar-refractivity contribution < 1.29 is 14.6 Å². The highest BCUT2D eigenvalue weighted by Gasteiger charge is 2.26. The maximum atomic E-state index is 11.2. The molecule has 2 atom stereocenters. The number of carbonyl (C=O) groups excluding carboxylic acids is 1. The Morgan fingerprint density at radius 3 is 2.70 bits per heavy atom. The summed E-state index contributed by atoms with van der Waals surface area (Å²) in [6.45, 7) is 0. The normalized spacial score (nSPS) is 22.1. The first-order valence-electron chi connectivity index (χ1n) is 7.04. The third kappa shape index (κ3) is 4.36. The lowest BCUT2D eigenvalue weighted by molar-refractivity contribution is -0.160. The third-order valence-electron chi connectivity index (χ3n) is 3.56. The van der Waals surface area contributed by atoms with Crippen LogP contribution in [0.25, 0.3) is 0 Å². The van der Waals surface area contributed by atoms with Gasteiger partial charge in [-0.2, -0.15) is 5.26 Å². The second-order valence-corrected chi connectivity index (χ2v) is 5.26. The number of hydrogen-bond donors (Lipinski definition) is 1. The summed E-state index contributed by atoms with van der Waals surface area (Å²) in [6, 6.07) is 9.71. The Balaban J connectivity index is 1.68. The van der Waals surface area contributed by atoms with Crippen molar-refractivity contribution in [2.75, 3.05) is 0 Å². The number of esters is 1. The fourth-order valence-corrected chi connectivity index (χ4v) is 2.49. The Kier molecular flexibility index (Phi) is 5.14. The van der Waals surface area contributed by atoms with E-state index in [1.165, 1.54) is 5.56 Å². The molecule has 1 saturated heterocycles. The lowest BCUT2D eigenvalue weighted by Crippen LogP contribution is -2.32. The van der Waals surface area contributed by atoms with Gasteiger partial charge in [0.15, 0.2) is 0 Å². The third-order valence-corrected chi connectivity index (χ3v) is 3.56. The van der Waals surface area contributed by atoms with Crippen LogP contribution in [0, 0.1) is 11.3 Å². The highest BCUT2D eigenvalue weighted by atomic mass is 16.5. The summed E-state index contributed by atoms with van der Waals surface area (Å²) < 4.78 is 5.20. The Morgan fingerprint density at radius 1 is 1.30 bits per heavy atom. The first-order valence-corrected chi connectivity index (χ1v) is 7.04. The number of rotatable bonds is 5. The van der Waals surface area contributed by atoms with Crippen LogP contribution < -0.4 is 0 Å². The molecule has 0 unspecified atom stereocenters. The zero-order valence-corrected chi connectivity index (χ0v) is 11.4. The summed E-state index contributed by atoms with van der Waals surface area (Å²) in [6.07, 6.45) is 3.74. The average Bonchev–Trinajstić information content (AvgIpc) is 2.43. The fraction of sp³-hybridized carbons (Fsp3) is 0.500. The minimum absolute atomic E-state index is 0.127. The second-order valence-electron chi connectivity index (χ2n) is 5.26. The molecule has 1 fully saturated rings. The Hall–Kier alpha value is -1.86. The van der Waals surface area contributed by atoms with Crippen molar-refractivity contribution in [3.05, 3.63) is 35.4 Å². The van der Waals surface area contributed by atoms with Gasteiger partial charge in [-0.15, -0.1) is 0 Å². The van der Waals surface area contributed by atoms with Gasteiger partial charge < -0.3 is 9.84 Å². The molecule has 1 aliphatic rings. The second kappa shape index (κ2) is 7.06. The van der Waals surface area contributed by atoms with Crippen LogP contribution in [0.3, 0.4) is 0 Å². The van der Waals surface area contributed by atoms with Gasteiger partial charge in [-0.3, -0.25) is 4.79 Å². The minimum atomic E-state index is -0.542. The molecule has 0 saturated carbocycles. The highest BCUT2D eigenvalue weighted by molar-refractivity contribution is 5.70. The standard InChI is InChI=1S/C16H19NO3/c17-11-13-7-5-12(6-8-13)3-1-2-4-15-9-14(18)10-16(19)20-15/h5-8,14-15,18H,1-4,9-10H2/t14-,15+/m0/s1. The van der Waals surface area contributed by atoms with E-state index in [4.69, 9.17) is 10.00 Å². The predicted octanol–water partition coefficient (Wildman–Crippen LogP) is 2.34. The topological polar surface area (TPSA) is 70.3 Å². The number of aliphatic hydroxyl groups is 1. The number of aryl methyl sites for hydroxylation is 1. The zero-order valence-electron chi connectivity index (χ0n) is 11.4. The Morgan fingerprint density at radius 2 is 2.05 bits per heavy atom. The summed E-state index contributed by atoms with van der Waals surface area (Å²) >= 11 is 0. The largest absolute Gasteiger partial charge is 0.462 e. The molecule has 2 rings (SSSR count). The number of benzene rings is 1. The molecule has 0 spiro atoms. The Bertz CT molecular complexity index is 489. The van der Waals surface area contributed by atoms with Crippen LogP contribution in [-0.4, -0.2) is 23.3 Å². The van der Waals surface area contributed by atoms with E-state index in [2.05, 4.69) is 6.07 Å². The van der Waals surface area contributed by atoms with Crippen molar-refractivity contribution in [2.24, 2.45) is 0 Å². The van der Waals surface area contributed by atoms with Crippen LogP contribution in [0.4, 0.5) is 0 Å². The van der Waals surface area contributed by atoms with Crippen molar-refractivity contribution in [1.82, 2.24) is 0 Å². The van der Waals surface area contributed by atoms with Gasteiger partial charge in [-0.1, -0.05) is 12.1 Å². The first-order chi connectivity index (χ1) is 9.67. The molecular weight excluding hydrogens is 254 g/mol. The monoisotopic (exact) mass is 273 g/mol. The molecule has 4 nitrogen and oxygen atoms in total. The Labute approximate surface area is 119 Å². The molecule has 0 bridgehead atoms. The van der Waals surface area contributed by atoms with Gasteiger partial charge in [0, 0.05) is 6.42 Å². The smallest absolute Gasteiger partial charge is 0.308 e. The molecule has 106 valence electrons. The summed E-state index contributed by atoms with van der Waals surface area (Å²) in [4.78, 5) is 11.2. The molecule has 1 N–H and O–H groups in total. The number of nitrogens with zero attached hydrogens (tertiary/aromatic N) is 1. The number of carbonyl (C=O) groups is 1. The lowest BCUT2D eigenvalue weighted by Gasteiger charge is -2.25. The molecule has 1 aromatic carbocycles. The van der Waals surface area contributed by atoms with Gasteiger partial charge >= 0.3 is 5.97 Å². The van der Waals surface area contributed by atoms with Crippen molar-refractivity contribution in [1.29, 1.82) is 5.26 Å². The van der Waals surface area contributed by atoms with Crippen LogP contribution in [0.2, 0.25) is 0 Å². The maximum absolute atomic E-state index is 11.2. The fourth-order valence-electron chi connectivity index (χ4n) is 2.49. The van der Waals surface area contributed by atoms with Gasteiger partial charge in [-0.25, -0.2) is 0 Å². The van der Waals surface area contributed by atoms with Gasteiger partial charge in [0.05, 0.1) is 24.2 Å². The number of ether oxygens (including phenoxy) is 1. The summed E-state index contributed by atoms with van der Waals surface area (Å²) in [5.41, 5.74) is 1.89. The molecule has 0 amide bonds. The lowest BCUT2D eigenvalue weighted by atomic mass is 9.99. The minimum Gasteiger partial charge on any atom is -0.462 e. The average molecular weight is 273 g/mol. The molecule has 1 heterocycles. The molecule has 20 heavy (non-hydrogen) atoms. The van der Waals surface area contributed by atoms with E-state index in [0.717, 1.165) is 25.7 Å². The van der Waals surface area contributed by atoms with E-state index in [-0.39, 0.29) is 18.5 Å². The summed E-state index contributed by atoms with van der Waals surface area (Å²) in [5.74, 6) is -0.291. The quantitative estimate of drug-likeness (QED) is 0.660. The number of aliphatic hydroxyl groups excluding tert-OH is 1. The van der Waals surface area contributed by atoms with Crippen molar-refractivity contribution in [3.8, 4) is 6.07 Å².